The van der Waals surface area contributed by atoms with Crippen molar-refractivity contribution < 1.29 is 8.78 Å². The van der Waals surface area contributed by atoms with Crippen LogP contribution in [0.4, 0.5) is 8.78 Å². The molecule has 0 atom stereocenters. The van der Waals surface area contributed by atoms with E-state index in [1.54, 1.807) is 0 Å². The molecule has 0 bridgehead atoms. The van der Waals surface area contributed by atoms with Crippen molar-refractivity contribution in [1.29, 1.82) is 0 Å². The van der Waals surface area contributed by atoms with E-state index >= 15 is 0 Å². The average molecular weight is 354 g/mol. The molecule has 1 aliphatic rings. The molecule has 0 radical (unpaired) electrons. The van der Waals surface area contributed by atoms with E-state index in [9.17, 15) is 8.78 Å². The van der Waals surface area contributed by atoms with Gasteiger partial charge in [0.15, 0.2) is 0 Å². The summed E-state index contributed by atoms with van der Waals surface area (Å²) >= 11 is 1.51. The first-order chi connectivity index (χ1) is 12.1. The van der Waals surface area contributed by atoms with E-state index in [0.717, 1.165) is 24.3 Å². The minimum atomic E-state index is -0.491. The van der Waals surface area contributed by atoms with Gasteiger partial charge in [-0.3, -0.25) is 0 Å². The molecule has 0 spiro atoms. The summed E-state index contributed by atoms with van der Waals surface area (Å²) in [6.45, 7) is 2.08. The predicted molar refractivity (Wildman–Crippen MR) is 101 cm³/mol. The van der Waals surface area contributed by atoms with Gasteiger partial charge < -0.3 is 0 Å². The Morgan fingerprint density at radius 3 is 2.20 bits per heavy atom. The van der Waals surface area contributed by atoms with Gasteiger partial charge in [0.05, 0.1) is 5.56 Å². The smallest absolute Gasteiger partial charge is 0.135 e. The molecule has 1 heterocycles. The Hall–Kier alpha value is -2.00. The quantitative estimate of drug-likeness (QED) is 0.469. The molecule has 1 saturated carbocycles. The maximum absolute atomic E-state index is 14.7. The van der Waals surface area contributed by atoms with E-state index in [2.05, 4.69) is 6.92 Å². The number of halogens is 2. The number of hydrogen-bond donors (Lipinski definition) is 0. The van der Waals surface area contributed by atoms with Crippen LogP contribution in [0.1, 0.15) is 30.2 Å². The van der Waals surface area contributed by atoms with Gasteiger partial charge in [0.1, 0.15) is 11.6 Å². The van der Waals surface area contributed by atoms with Gasteiger partial charge in [0.25, 0.3) is 0 Å². The minimum Gasteiger partial charge on any atom is -0.206 e. The second-order valence-electron chi connectivity index (χ2n) is 6.78. The van der Waals surface area contributed by atoms with Gasteiger partial charge in [-0.2, -0.15) is 0 Å². The highest BCUT2D eigenvalue weighted by Gasteiger charge is 2.23. The monoisotopic (exact) mass is 354 g/mol. The summed E-state index contributed by atoms with van der Waals surface area (Å²) in [6, 6.07) is 14.6. The fourth-order valence-electron chi connectivity index (χ4n) is 3.14. The molecule has 0 aliphatic heterocycles. The fourth-order valence-corrected chi connectivity index (χ4v) is 4.31. The summed E-state index contributed by atoms with van der Waals surface area (Å²) in [7, 11) is 0. The van der Waals surface area contributed by atoms with E-state index in [1.165, 1.54) is 46.8 Å². The van der Waals surface area contributed by atoms with E-state index in [4.69, 9.17) is 0 Å². The summed E-state index contributed by atoms with van der Waals surface area (Å²) < 4.78 is 29.4. The molecule has 0 N–H and O–H groups in total. The Morgan fingerprint density at radius 2 is 1.60 bits per heavy atom. The largest absolute Gasteiger partial charge is 0.206 e. The Balaban J connectivity index is 1.66. The van der Waals surface area contributed by atoms with E-state index in [-0.39, 0.29) is 5.56 Å². The van der Waals surface area contributed by atoms with Gasteiger partial charge in [0.2, 0.25) is 0 Å². The summed E-state index contributed by atoms with van der Waals surface area (Å²) in [4.78, 5) is 1.90. The average Bonchev–Trinajstić information content (AvgIpc) is 3.31. The lowest BCUT2D eigenvalue weighted by Gasteiger charge is -2.08. The zero-order valence-electron chi connectivity index (χ0n) is 14.2. The Labute approximate surface area is 151 Å². The third-order valence-corrected chi connectivity index (χ3v) is 5.96. The molecule has 25 heavy (non-hydrogen) atoms. The van der Waals surface area contributed by atoms with Gasteiger partial charge in [-0.15, -0.1) is 11.3 Å². The second kappa shape index (κ2) is 6.72. The third kappa shape index (κ3) is 3.52. The lowest BCUT2D eigenvalue weighted by Crippen LogP contribution is -1.91. The van der Waals surface area contributed by atoms with Crippen LogP contribution in [0.25, 0.3) is 21.6 Å². The molecule has 1 fully saturated rings. The Kier molecular flexibility index (Phi) is 4.43. The lowest BCUT2D eigenvalue weighted by atomic mass is 10.0. The first-order valence-electron chi connectivity index (χ1n) is 8.81. The molecule has 0 nitrogen and oxygen atoms in total. The molecule has 3 aromatic rings. The number of benzene rings is 2. The van der Waals surface area contributed by atoms with Crippen molar-refractivity contribution in [1.82, 2.24) is 0 Å². The summed E-state index contributed by atoms with van der Waals surface area (Å²) in [6.07, 6.45) is 4.54. The second-order valence-corrected chi connectivity index (χ2v) is 7.95. The topological polar surface area (TPSA) is 0 Å². The van der Waals surface area contributed by atoms with E-state index in [0.29, 0.717) is 10.4 Å². The summed E-state index contributed by atoms with van der Waals surface area (Å²) in [5, 5.41) is 0. The molecule has 128 valence electrons. The van der Waals surface area contributed by atoms with Crippen molar-refractivity contribution in [2.75, 3.05) is 0 Å². The normalized spacial score (nSPS) is 14.0. The van der Waals surface area contributed by atoms with Gasteiger partial charge in [-0.25, -0.2) is 8.78 Å². The maximum atomic E-state index is 14.7. The molecule has 1 aromatic heterocycles. The molecule has 0 unspecified atom stereocenters. The van der Waals surface area contributed by atoms with Crippen LogP contribution >= 0.6 is 11.3 Å². The molecule has 0 amide bonds. The highest BCUT2D eigenvalue weighted by molar-refractivity contribution is 7.15. The molecule has 4 rings (SSSR count). The first kappa shape index (κ1) is 16.5. The van der Waals surface area contributed by atoms with Crippen molar-refractivity contribution in [2.45, 2.75) is 32.6 Å². The van der Waals surface area contributed by atoms with Crippen molar-refractivity contribution in [2.24, 2.45) is 5.92 Å². The highest BCUT2D eigenvalue weighted by Crippen LogP contribution is 2.39. The summed E-state index contributed by atoms with van der Waals surface area (Å²) in [5.74, 6) is -0.210. The van der Waals surface area contributed by atoms with Crippen LogP contribution in [0.2, 0.25) is 0 Å². The van der Waals surface area contributed by atoms with Crippen molar-refractivity contribution >= 4 is 11.3 Å². The standard InChI is InChI=1S/C22H20F2S/c1-2-14-5-7-16(8-6-14)17-12-19(23)22(20(24)13-17)21-10-9-18(25-21)11-15-3-4-15/h5-10,12-13,15H,2-4,11H2,1H3. The third-order valence-electron chi connectivity index (χ3n) is 4.83. The van der Waals surface area contributed by atoms with Crippen LogP contribution in [-0.4, -0.2) is 0 Å². The van der Waals surface area contributed by atoms with Gasteiger partial charge >= 0.3 is 0 Å². The van der Waals surface area contributed by atoms with Crippen LogP contribution in [0.5, 0.6) is 0 Å². The molecular weight excluding hydrogens is 334 g/mol. The fraction of sp³-hybridized carbons (Fsp3) is 0.273. The Bertz CT molecular complexity index is 866. The van der Waals surface area contributed by atoms with Crippen LogP contribution in [0.15, 0.2) is 48.5 Å². The highest BCUT2D eigenvalue weighted by atomic mass is 32.1. The first-order valence-corrected chi connectivity index (χ1v) is 9.63. The molecule has 1 aliphatic carbocycles. The van der Waals surface area contributed by atoms with Gasteiger partial charge in [0, 0.05) is 9.75 Å². The van der Waals surface area contributed by atoms with Crippen LogP contribution in [0, 0.1) is 17.6 Å². The zero-order valence-corrected chi connectivity index (χ0v) is 15.0. The van der Waals surface area contributed by atoms with Gasteiger partial charge in [-0.1, -0.05) is 31.2 Å². The molecule has 0 saturated heterocycles. The van der Waals surface area contributed by atoms with Crippen LogP contribution < -0.4 is 0 Å². The number of thiophene rings is 1. The van der Waals surface area contributed by atoms with E-state index < -0.39 is 11.6 Å². The number of hydrogen-bond acceptors (Lipinski definition) is 1. The predicted octanol–water partition coefficient (Wildman–Crippen LogP) is 6.88. The maximum Gasteiger partial charge on any atom is 0.135 e. The minimum absolute atomic E-state index is 0.0981. The van der Waals surface area contributed by atoms with Crippen molar-refractivity contribution in [3.8, 4) is 21.6 Å². The van der Waals surface area contributed by atoms with Crippen molar-refractivity contribution in [3.63, 3.8) is 0 Å². The lowest BCUT2D eigenvalue weighted by molar-refractivity contribution is 0.591. The van der Waals surface area contributed by atoms with E-state index in [1.807, 2.05) is 36.4 Å². The molecule has 3 heteroatoms. The molecular formula is C22H20F2S. The Morgan fingerprint density at radius 1 is 0.920 bits per heavy atom. The van der Waals surface area contributed by atoms with Gasteiger partial charge in [-0.05, 0) is 72.6 Å². The van der Waals surface area contributed by atoms with Crippen molar-refractivity contribution in [3.05, 3.63) is 70.6 Å². The number of rotatable bonds is 5. The number of aryl methyl sites for hydroxylation is 1. The summed E-state index contributed by atoms with van der Waals surface area (Å²) in [5.41, 5.74) is 2.72. The van der Waals surface area contributed by atoms with Crippen LogP contribution in [0.3, 0.4) is 0 Å². The molecule has 2 aromatic carbocycles. The van der Waals surface area contributed by atoms with Crippen LogP contribution in [-0.2, 0) is 12.8 Å². The SMILES string of the molecule is CCc1ccc(-c2cc(F)c(-c3ccc(CC4CC4)s3)c(F)c2)cc1. The zero-order chi connectivity index (χ0) is 17.4.